The maximum Gasteiger partial charge on any atom is 0.289 e. The summed E-state index contributed by atoms with van der Waals surface area (Å²) in [6.07, 6.45) is 3.84. The van der Waals surface area contributed by atoms with Gasteiger partial charge < -0.3 is 33.7 Å². The zero-order chi connectivity index (χ0) is 40.5. The number of furan rings is 1. The molecule has 0 unspecified atom stereocenters. The number of hydrazine groups is 1. The molecule has 3 aliphatic heterocycles. The van der Waals surface area contributed by atoms with Crippen molar-refractivity contribution < 1.29 is 28.7 Å². The van der Waals surface area contributed by atoms with Gasteiger partial charge in [-0.25, -0.2) is 10.0 Å². The summed E-state index contributed by atoms with van der Waals surface area (Å²) in [6, 6.07) is 25.1. The fraction of sp³-hybridized carbons (Fsp3) is 0.333. The number of phenols is 1. The molecule has 0 radical (unpaired) electrons. The minimum Gasteiger partial charge on any atom is -0.508 e. The van der Waals surface area contributed by atoms with Crippen LogP contribution in [-0.2, 0) is 40.8 Å². The number of carbonyl (C=O) groups is 4. The van der Waals surface area contributed by atoms with Crippen LogP contribution < -0.4 is 0 Å². The van der Waals surface area contributed by atoms with E-state index in [4.69, 9.17) is 4.42 Å². The third-order valence-corrected chi connectivity index (χ3v) is 11.6. The topological polar surface area (TPSA) is 126 Å². The van der Waals surface area contributed by atoms with Gasteiger partial charge in [0.1, 0.15) is 23.7 Å². The number of hydrogen-bond acceptors (Lipinski definition) is 8. The minimum absolute atomic E-state index is 0.0696. The van der Waals surface area contributed by atoms with E-state index in [1.54, 1.807) is 56.2 Å². The summed E-state index contributed by atoms with van der Waals surface area (Å²) in [4.78, 5) is 63.9. The molecule has 2 aromatic heterocycles. The Hall–Kier alpha value is -6.18. The third kappa shape index (κ3) is 7.62. The highest BCUT2D eigenvalue weighted by Crippen LogP contribution is 2.36. The number of piperazine rings is 2. The zero-order valence-electron chi connectivity index (χ0n) is 33.0. The lowest BCUT2D eigenvalue weighted by molar-refractivity contribution is -0.205. The first-order valence-electron chi connectivity index (χ1n) is 19.8. The normalized spacial score (nSPS) is 19.2. The second-order valence-electron chi connectivity index (χ2n) is 15.5. The second kappa shape index (κ2) is 16.4. The van der Waals surface area contributed by atoms with Crippen LogP contribution in [0.25, 0.3) is 22.2 Å². The summed E-state index contributed by atoms with van der Waals surface area (Å²) in [7, 11) is 3.99. The molecule has 8 rings (SSSR count). The Morgan fingerprint density at radius 1 is 0.897 bits per heavy atom. The first kappa shape index (κ1) is 38.7. The molecule has 3 aliphatic rings. The molecule has 0 spiro atoms. The van der Waals surface area contributed by atoms with Gasteiger partial charge >= 0.3 is 0 Å². The van der Waals surface area contributed by atoms with Crippen molar-refractivity contribution in [2.24, 2.45) is 7.05 Å². The van der Waals surface area contributed by atoms with Crippen molar-refractivity contribution in [1.29, 1.82) is 0 Å². The average molecular weight is 784 g/mol. The van der Waals surface area contributed by atoms with Gasteiger partial charge in [0.25, 0.3) is 5.91 Å². The number of aromatic nitrogens is 1. The fourth-order valence-corrected chi connectivity index (χ4v) is 8.62. The molecule has 4 amide bonds. The van der Waals surface area contributed by atoms with E-state index in [0.29, 0.717) is 31.0 Å². The van der Waals surface area contributed by atoms with E-state index in [9.17, 15) is 24.3 Å². The van der Waals surface area contributed by atoms with Crippen molar-refractivity contribution in [2.75, 3.05) is 52.9 Å². The molecule has 0 bridgehead atoms. The Labute approximate surface area is 337 Å². The standard InChI is InChI=1S/C45H49N7O6/c1-4-21-50-30-42(55)51-37(26-32-13-16-34(53)17-14-32)44(56)49(29-40(51)52(50)41(54)20-15-31-9-6-5-7-10-31)27-33-11-8-12-35-36(28-47(3)43(33)35)38-18-19-39(58-38)45(57)48-24-22-46(2)23-25-48/h4-14,16-19,28,37,40,53H,1,15,20-27,29-30H2,2-3H3/t37-,40-/m0/s1. The number of likely N-dealkylation sites (N-methyl/N-ethyl adjacent to an activating group) is 1. The number of para-hydroxylation sites is 1. The molecule has 13 heteroatoms. The molecular formula is C45H49N7O6. The van der Waals surface area contributed by atoms with E-state index in [2.05, 4.69) is 11.5 Å². The molecule has 3 fully saturated rings. The lowest BCUT2D eigenvalue weighted by Crippen LogP contribution is -2.75. The van der Waals surface area contributed by atoms with Crippen molar-refractivity contribution in [3.05, 3.63) is 126 Å². The van der Waals surface area contributed by atoms with Gasteiger partial charge in [-0.05, 0) is 54.4 Å². The number of hydrogen-bond donors (Lipinski definition) is 1. The van der Waals surface area contributed by atoms with Gasteiger partial charge in [-0.1, -0.05) is 66.7 Å². The van der Waals surface area contributed by atoms with Gasteiger partial charge in [0.05, 0.1) is 18.6 Å². The number of nitrogens with zero attached hydrogens (tertiary/aromatic N) is 7. The Bertz CT molecular complexity index is 2330. The molecule has 13 nitrogen and oxygen atoms in total. The third-order valence-electron chi connectivity index (χ3n) is 11.6. The zero-order valence-corrected chi connectivity index (χ0v) is 33.0. The van der Waals surface area contributed by atoms with Crippen molar-refractivity contribution in [2.45, 2.75) is 38.0 Å². The molecule has 58 heavy (non-hydrogen) atoms. The van der Waals surface area contributed by atoms with Crippen LogP contribution in [0.3, 0.4) is 0 Å². The van der Waals surface area contributed by atoms with Gasteiger partial charge in [0.2, 0.25) is 17.7 Å². The van der Waals surface area contributed by atoms with Crippen LogP contribution in [0.4, 0.5) is 0 Å². The summed E-state index contributed by atoms with van der Waals surface area (Å²) in [5.74, 6) is 0.233. The second-order valence-corrected chi connectivity index (χ2v) is 15.5. The quantitative estimate of drug-likeness (QED) is 0.194. The van der Waals surface area contributed by atoms with Crippen LogP contribution in [-0.4, -0.2) is 128 Å². The molecule has 5 aromatic rings. The molecule has 2 atom stereocenters. The van der Waals surface area contributed by atoms with Crippen LogP contribution in [0.1, 0.15) is 33.7 Å². The van der Waals surface area contributed by atoms with Crippen LogP contribution >= 0.6 is 0 Å². The fourth-order valence-electron chi connectivity index (χ4n) is 8.62. The number of aryl methyl sites for hydroxylation is 2. The van der Waals surface area contributed by atoms with Gasteiger partial charge in [0.15, 0.2) is 5.76 Å². The van der Waals surface area contributed by atoms with Crippen LogP contribution in [0.15, 0.2) is 108 Å². The van der Waals surface area contributed by atoms with E-state index >= 15 is 0 Å². The Kier molecular flexibility index (Phi) is 10.9. The molecule has 0 aliphatic carbocycles. The van der Waals surface area contributed by atoms with E-state index in [1.807, 2.05) is 84.4 Å². The first-order valence-corrected chi connectivity index (χ1v) is 19.8. The SMILES string of the molecule is C=CCN1CC(=O)N2[C@@H](Cc3ccc(O)cc3)C(=O)N(Cc3cccc4c(-c5ccc(C(=O)N6CCN(C)CC6)o5)cn(C)c34)C[C@@H]2N1C(=O)CCc1ccccc1. The van der Waals surface area contributed by atoms with E-state index in [-0.39, 0.29) is 68.4 Å². The molecular weight excluding hydrogens is 735 g/mol. The summed E-state index contributed by atoms with van der Waals surface area (Å²) in [6.45, 7) is 7.36. The van der Waals surface area contributed by atoms with Crippen molar-refractivity contribution in [1.82, 2.24) is 34.2 Å². The number of fused-ring (bicyclic) bond motifs is 2. The molecule has 0 saturated carbocycles. The minimum atomic E-state index is -0.895. The lowest BCUT2D eigenvalue weighted by Gasteiger charge is -2.55. The molecule has 3 saturated heterocycles. The number of carbonyl (C=O) groups excluding carboxylic acids is 4. The molecule has 1 N–H and O–H groups in total. The highest BCUT2D eigenvalue weighted by molar-refractivity contribution is 5.98. The summed E-state index contributed by atoms with van der Waals surface area (Å²) in [5, 5.41) is 14.3. The Balaban J connectivity index is 1.12. The smallest absolute Gasteiger partial charge is 0.289 e. The van der Waals surface area contributed by atoms with E-state index < -0.39 is 12.2 Å². The van der Waals surface area contributed by atoms with Gasteiger partial charge in [-0.2, -0.15) is 0 Å². The summed E-state index contributed by atoms with van der Waals surface area (Å²) in [5.41, 5.74) is 4.41. The maximum absolute atomic E-state index is 14.7. The number of amides is 4. The number of phenolic OH excluding ortho intramolecular Hbond substituents is 1. The monoisotopic (exact) mass is 783 g/mol. The number of rotatable bonds is 11. The maximum atomic E-state index is 14.7. The molecule has 300 valence electrons. The van der Waals surface area contributed by atoms with E-state index in [0.717, 1.165) is 46.2 Å². The summed E-state index contributed by atoms with van der Waals surface area (Å²) < 4.78 is 8.22. The Morgan fingerprint density at radius 3 is 2.40 bits per heavy atom. The largest absolute Gasteiger partial charge is 0.508 e. The van der Waals surface area contributed by atoms with Crippen molar-refractivity contribution in [3.8, 4) is 17.1 Å². The predicted octanol–water partition coefficient (Wildman–Crippen LogP) is 4.52. The van der Waals surface area contributed by atoms with Gasteiger partial charge in [-0.3, -0.25) is 19.2 Å². The van der Waals surface area contributed by atoms with Crippen molar-refractivity contribution >= 4 is 34.5 Å². The number of benzene rings is 3. The first-order chi connectivity index (χ1) is 28.1. The Morgan fingerprint density at radius 2 is 1.66 bits per heavy atom. The molecule has 5 heterocycles. The predicted molar refractivity (Wildman–Crippen MR) is 219 cm³/mol. The highest BCUT2D eigenvalue weighted by Gasteiger charge is 2.51. The molecule has 3 aromatic carbocycles. The van der Waals surface area contributed by atoms with E-state index in [1.165, 1.54) is 0 Å². The van der Waals surface area contributed by atoms with Gasteiger partial charge in [0, 0.05) is 76.3 Å². The highest BCUT2D eigenvalue weighted by atomic mass is 16.4. The lowest BCUT2D eigenvalue weighted by atomic mass is 9.97. The number of aromatic hydroxyl groups is 1. The van der Waals surface area contributed by atoms with Crippen LogP contribution in [0, 0.1) is 0 Å². The average Bonchev–Trinajstić information content (AvgIpc) is 3.85. The van der Waals surface area contributed by atoms with Crippen molar-refractivity contribution in [3.63, 3.8) is 0 Å². The van der Waals surface area contributed by atoms with Gasteiger partial charge in [-0.15, -0.1) is 6.58 Å². The van der Waals surface area contributed by atoms with Crippen LogP contribution in [0.5, 0.6) is 5.75 Å². The van der Waals surface area contributed by atoms with Crippen LogP contribution in [0.2, 0.25) is 0 Å². The summed E-state index contributed by atoms with van der Waals surface area (Å²) >= 11 is 0.